The number of likely N-dealkylation sites (tertiary alicyclic amines) is 1. The highest BCUT2D eigenvalue weighted by Crippen LogP contribution is 2.21. The minimum absolute atomic E-state index is 0.0782. The SMILES string of the molecule is C[C@H](NC(=O)c1ccc(F)cc1O)C(=O)N1CCC(Oc2ccc(F)cc2)CC1. The van der Waals surface area contributed by atoms with Crippen molar-refractivity contribution in [2.45, 2.75) is 31.9 Å². The first-order valence-electron chi connectivity index (χ1n) is 9.34. The average molecular weight is 404 g/mol. The van der Waals surface area contributed by atoms with Gasteiger partial charge in [-0.2, -0.15) is 0 Å². The quantitative estimate of drug-likeness (QED) is 0.803. The van der Waals surface area contributed by atoms with E-state index in [4.69, 9.17) is 4.74 Å². The predicted octanol–water partition coefficient (Wildman–Crippen LogP) is 2.86. The van der Waals surface area contributed by atoms with Crippen LogP contribution in [0.25, 0.3) is 0 Å². The molecule has 1 atom stereocenters. The van der Waals surface area contributed by atoms with Gasteiger partial charge in [0.15, 0.2) is 0 Å². The first kappa shape index (κ1) is 20.6. The molecule has 1 aliphatic rings. The van der Waals surface area contributed by atoms with Gasteiger partial charge in [0.2, 0.25) is 5.91 Å². The van der Waals surface area contributed by atoms with Gasteiger partial charge in [0.1, 0.15) is 35.3 Å². The van der Waals surface area contributed by atoms with Crippen LogP contribution >= 0.6 is 0 Å². The molecular weight excluding hydrogens is 382 g/mol. The summed E-state index contributed by atoms with van der Waals surface area (Å²) in [7, 11) is 0. The fourth-order valence-corrected chi connectivity index (χ4v) is 3.21. The largest absolute Gasteiger partial charge is 0.507 e. The number of nitrogens with zero attached hydrogens (tertiary/aromatic N) is 1. The molecule has 8 heteroatoms. The number of aromatic hydroxyl groups is 1. The molecule has 1 fully saturated rings. The minimum Gasteiger partial charge on any atom is -0.507 e. The summed E-state index contributed by atoms with van der Waals surface area (Å²) in [5.74, 6) is -1.80. The molecule has 0 bridgehead atoms. The number of ether oxygens (including phenoxy) is 1. The van der Waals surface area contributed by atoms with E-state index in [2.05, 4.69) is 5.32 Å². The number of carbonyl (C=O) groups is 2. The Labute approximate surface area is 167 Å². The molecule has 2 amide bonds. The fraction of sp³-hybridized carbons (Fsp3) is 0.333. The van der Waals surface area contributed by atoms with Gasteiger partial charge < -0.3 is 20.1 Å². The van der Waals surface area contributed by atoms with Crippen LogP contribution < -0.4 is 10.1 Å². The third-order valence-corrected chi connectivity index (χ3v) is 4.79. The van der Waals surface area contributed by atoms with Gasteiger partial charge in [0, 0.05) is 32.0 Å². The molecule has 0 radical (unpaired) electrons. The van der Waals surface area contributed by atoms with Gasteiger partial charge in [-0.15, -0.1) is 0 Å². The fourth-order valence-electron chi connectivity index (χ4n) is 3.21. The van der Waals surface area contributed by atoms with Crippen molar-refractivity contribution in [2.24, 2.45) is 0 Å². The number of nitrogens with one attached hydrogen (secondary N) is 1. The Hall–Kier alpha value is -3.16. The van der Waals surface area contributed by atoms with Gasteiger partial charge >= 0.3 is 0 Å². The van der Waals surface area contributed by atoms with Crippen molar-refractivity contribution in [3.63, 3.8) is 0 Å². The van der Waals surface area contributed by atoms with Crippen LogP contribution in [-0.2, 0) is 4.79 Å². The molecule has 1 saturated heterocycles. The number of rotatable bonds is 5. The Morgan fingerprint density at radius 2 is 1.72 bits per heavy atom. The highest BCUT2D eigenvalue weighted by molar-refractivity contribution is 5.99. The molecule has 2 N–H and O–H groups in total. The van der Waals surface area contributed by atoms with Crippen molar-refractivity contribution in [1.29, 1.82) is 0 Å². The standard InChI is InChI=1S/C21H22F2N2O4/c1-13(24-20(27)18-7-4-15(23)12-19(18)26)21(28)25-10-8-17(9-11-25)29-16-5-2-14(22)3-6-16/h2-7,12-13,17,26H,8-11H2,1H3,(H,24,27)/t13-/m0/s1. The summed E-state index contributed by atoms with van der Waals surface area (Å²) in [5, 5.41) is 12.2. The van der Waals surface area contributed by atoms with E-state index < -0.39 is 23.5 Å². The van der Waals surface area contributed by atoms with E-state index >= 15 is 0 Å². The number of piperidine rings is 1. The number of amides is 2. The highest BCUT2D eigenvalue weighted by atomic mass is 19.1. The van der Waals surface area contributed by atoms with Gasteiger partial charge in [0.05, 0.1) is 5.56 Å². The van der Waals surface area contributed by atoms with Crippen molar-refractivity contribution in [1.82, 2.24) is 10.2 Å². The molecule has 29 heavy (non-hydrogen) atoms. The molecule has 0 saturated carbocycles. The van der Waals surface area contributed by atoms with Crippen LogP contribution in [0, 0.1) is 11.6 Å². The number of phenolic OH excluding ortho intramolecular Hbond substituents is 1. The molecule has 6 nitrogen and oxygen atoms in total. The van der Waals surface area contributed by atoms with Crippen LogP contribution in [0.5, 0.6) is 11.5 Å². The molecule has 0 unspecified atom stereocenters. The minimum atomic E-state index is -0.804. The van der Waals surface area contributed by atoms with Gasteiger partial charge in [-0.05, 0) is 43.3 Å². The number of halogens is 2. The number of phenols is 1. The number of carbonyl (C=O) groups excluding carboxylic acids is 2. The van der Waals surface area contributed by atoms with Gasteiger partial charge in [-0.25, -0.2) is 8.78 Å². The lowest BCUT2D eigenvalue weighted by molar-refractivity contribution is -0.134. The maximum Gasteiger partial charge on any atom is 0.255 e. The van der Waals surface area contributed by atoms with Crippen LogP contribution in [0.15, 0.2) is 42.5 Å². The Balaban J connectivity index is 1.50. The molecule has 0 aliphatic carbocycles. The molecule has 0 aromatic heterocycles. The Morgan fingerprint density at radius 3 is 2.34 bits per heavy atom. The molecule has 2 aromatic carbocycles. The van der Waals surface area contributed by atoms with E-state index in [0.717, 1.165) is 18.2 Å². The Bertz CT molecular complexity index is 881. The second kappa shape index (κ2) is 8.89. The monoisotopic (exact) mass is 404 g/mol. The molecule has 2 aromatic rings. The van der Waals surface area contributed by atoms with Crippen LogP contribution in [0.1, 0.15) is 30.1 Å². The van der Waals surface area contributed by atoms with Gasteiger partial charge in [-0.1, -0.05) is 0 Å². The molecule has 1 aliphatic heterocycles. The topological polar surface area (TPSA) is 78.9 Å². The first-order valence-corrected chi connectivity index (χ1v) is 9.34. The summed E-state index contributed by atoms with van der Waals surface area (Å²) in [5.41, 5.74) is -0.0996. The van der Waals surface area contributed by atoms with Crippen LogP contribution in [0.4, 0.5) is 8.78 Å². The van der Waals surface area contributed by atoms with E-state index in [1.807, 2.05) is 0 Å². The zero-order valence-electron chi connectivity index (χ0n) is 15.9. The third-order valence-electron chi connectivity index (χ3n) is 4.79. The summed E-state index contributed by atoms with van der Waals surface area (Å²) in [6.45, 7) is 2.49. The summed E-state index contributed by atoms with van der Waals surface area (Å²) in [6, 6.07) is 8.05. The maximum absolute atomic E-state index is 13.1. The molecule has 0 spiro atoms. The van der Waals surface area contributed by atoms with E-state index in [1.54, 1.807) is 24.0 Å². The van der Waals surface area contributed by atoms with Crippen molar-refractivity contribution in [3.05, 3.63) is 59.7 Å². The lowest BCUT2D eigenvalue weighted by Gasteiger charge is -2.33. The smallest absolute Gasteiger partial charge is 0.255 e. The van der Waals surface area contributed by atoms with Crippen molar-refractivity contribution in [3.8, 4) is 11.5 Å². The van der Waals surface area contributed by atoms with E-state index in [-0.39, 0.29) is 23.4 Å². The molecule has 1 heterocycles. The first-order chi connectivity index (χ1) is 13.8. The van der Waals surface area contributed by atoms with Crippen molar-refractivity contribution < 1.29 is 28.2 Å². The van der Waals surface area contributed by atoms with E-state index in [0.29, 0.717) is 31.7 Å². The maximum atomic E-state index is 13.1. The van der Waals surface area contributed by atoms with Crippen LogP contribution in [0.2, 0.25) is 0 Å². The normalized spacial score (nSPS) is 15.6. The lowest BCUT2D eigenvalue weighted by atomic mass is 10.1. The lowest BCUT2D eigenvalue weighted by Crippen LogP contribution is -2.50. The summed E-state index contributed by atoms with van der Waals surface area (Å²) in [4.78, 5) is 26.5. The van der Waals surface area contributed by atoms with E-state index in [9.17, 15) is 23.5 Å². The average Bonchev–Trinajstić information content (AvgIpc) is 2.69. The zero-order valence-corrected chi connectivity index (χ0v) is 15.9. The number of benzene rings is 2. The molecule has 3 rings (SSSR count). The Kier molecular flexibility index (Phi) is 6.31. The van der Waals surface area contributed by atoms with Crippen molar-refractivity contribution >= 4 is 11.8 Å². The summed E-state index contributed by atoms with van der Waals surface area (Å²) in [6.07, 6.45) is 1.15. The van der Waals surface area contributed by atoms with Crippen LogP contribution in [0.3, 0.4) is 0 Å². The van der Waals surface area contributed by atoms with Crippen LogP contribution in [-0.4, -0.2) is 47.1 Å². The number of hydrogen-bond donors (Lipinski definition) is 2. The second-order valence-electron chi connectivity index (χ2n) is 6.95. The zero-order chi connectivity index (χ0) is 21.0. The van der Waals surface area contributed by atoms with Gasteiger partial charge in [-0.3, -0.25) is 9.59 Å². The number of hydrogen-bond acceptors (Lipinski definition) is 4. The van der Waals surface area contributed by atoms with E-state index in [1.165, 1.54) is 12.1 Å². The third kappa shape index (κ3) is 5.22. The van der Waals surface area contributed by atoms with Crippen molar-refractivity contribution in [2.75, 3.05) is 13.1 Å². The summed E-state index contributed by atoms with van der Waals surface area (Å²) < 4.78 is 31.8. The second-order valence-corrected chi connectivity index (χ2v) is 6.95. The highest BCUT2D eigenvalue weighted by Gasteiger charge is 2.28. The summed E-state index contributed by atoms with van der Waals surface area (Å²) >= 11 is 0. The molecular formula is C21H22F2N2O4. The van der Waals surface area contributed by atoms with Gasteiger partial charge in [0.25, 0.3) is 5.91 Å². The Morgan fingerprint density at radius 1 is 1.10 bits per heavy atom. The predicted molar refractivity (Wildman–Crippen MR) is 102 cm³/mol. The molecule has 154 valence electrons.